The van der Waals surface area contributed by atoms with Gasteiger partial charge in [-0.15, -0.1) is 0 Å². The quantitative estimate of drug-likeness (QED) is 0.623. The molecule has 0 aliphatic carbocycles. The Morgan fingerprint density at radius 2 is 1.80 bits per heavy atom. The van der Waals surface area contributed by atoms with Gasteiger partial charge in [0.05, 0.1) is 0 Å². The van der Waals surface area contributed by atoms with Crippen LogP contribution in [-0.4, -0.2) is 12.6 Å². The van der Waals surface area contributed by atoms with Gasteiger partial charge in [0.2, 0.25) is 0 Å². The smallest absolute Gasteiger partial charge is 0.00103 e. The number of hydrogen-bond donors (Lipinski definition) is 1. The van der Waals surface area contributed by atoms with Gasteiger partial charge in [-0.05, 0) is 18.9 Å². The van der Waals surface area contributed by atoms with Crippen molar-refractivity contribution in [3.63, 3.8) is 0 Å². The molecule has 0 amide bonds. The van der Waals surface area contributed by atoms with Crippen LogP contribution >= 0.6 is 0 Å². The minimum atomic E-state index is 0.643. The van der Waals surface area contributed by atoms with Crippen LogP contribution in [0.5, 0.6) is 0 Å². The van der Waals surface area contributed by atoms with E-state index in [9.17, 15) is 0 Å². The molecule has 0 spiro atoms. The lowest BCUT2D eigenvalue weighted by Gasteiger charge is -2.11. The van der Waals surface area contributed by atoms with E-state index in [1.54, 1.807) is 0 Å². The Morgan fingerprint density at radius 3 is 2.20 bits per heavy atom. The van der Waals surface area contributed by atoms with Crippen molar-refractivity contribution in [3.8, 4) is 0 Å². The minimum Gasteiger partial charge on any atom is -0.315 e. The minimum absolute atomic E-state index is 0.643. The second-order valence-electron chi connectivity index (χ2n) is 3.41. The van der Waals surface area contributed by atoms with Gasteiger partial charge in [-0.2, -0.15) is 0 Å². The summed E-state index contributed by atoms with van der Waals surface area (Å²) in [5.74, 6) is 0.881. The summed E-state index contributed by atoms with van der Waals surface area (Å²) in [4.78, 5) is 0. The van der Waals surface area contributed by atoms with Gasteiger partial charge >= 0.3 is 0 Å². The molecular formula is C9H21N. The topological polar surface area (TPSA) is 12.0 Å². The van der Waals surface area contributed by atoms with E-state index in [1.807, 2.05) is 0 Å². The predicted molar refractivity (Wildman–Crippen MR) is 47.2 cm³/mol. The molecule has 0 bridgehead atoms. The van der Waals surface area contributed by atoms with Gasteiger partial charge in [0.1, 0.15) is 0 Å². The van der Waals surface area contributed by atoms with Crippen LogP contribution in [0.2, 0.25) is 0 Å². The van der Waals surface area contributed by atoms with Gasteiger partial charge in [0.25, 0.3) is 0 Å². The first-order chi connectivity index (χ1) is 4.66. The molecule has 0 aliphatic rings. The molecule has 10 heavy (non-hydrogen) atoms. The zero-order valence-electron chi connectivity index (χ0n) is 7.78. The second-order valence-corrected chi connectivity index (χ2v) is 3.41. The molecule has 1 atom stereocenters. The van der Waals surface area contributed by atoms with Crippen molar-refractivity contribution in [2.45, 2.75) is 46.6 Å². The van der Waals surface area contributed by atoms with Crippen molar-refractivity contribution in [1.29, 1.82) is 0 Å². The third kappa shape index (κ3) is 6.09. The fourth-order valence-electron chi connectivity index (χ4n) is 0.823. The maximum Gasteiger partial charge on any atom is 0.00103 e. The molecule has 0 saturated heterocycles. The van der Waals surface area contributed by atoms with Crippen LogP contribution in [-0.2, 0) is 0 Å². The summed E-state index contributed by atoms with van der Waals surface area (Å²) in [6, 6.07) is 0.643. The predicted octanol–water partition coefficient (Wildman–Crippen LogP) is 2.42. The highest BCUT2D eigenvalue weighted by molar-refractivity contribution is 4.56. The van der Waals surface area contributed by atoms with E-state index in [-0.39, 0.29) is 0 Å². The molecule has 0 radical (unpaired) electrons. The Balaban J connectivity index is 3.03. The fraction of sp³-hybridized carbons (Fsp3) is 1.00. The van der Waals surface area contributed by atoms with E-state index in [1.165, 1.54) is 19.4 Å². The number of nitrogens with one attached hydrogen (secondary N) is 1. The molecule has 0 aliphatic heterocycles. The lowest BCUT2D eigenvalue weighted by Crippen LogP contribution is -2.24. The molecular weight excluding hydrogens is 122 g/mol. The van der Waals surface area contributed by atoms with Gasteiger partial charge in [0.15, 0.2) is 0 Å². The molecule has 0 heterocycles. The summed E-state index contributed by atoms with van der Waals surface area (Å²) in [6.45, 7) is 10.1. The van der Waals surface area contributed by atoms with Crippen LogP contribution in [0.1, 0.15) is 40.5 Å². The van der Waals surface area contributed by atoms with Gasteiger partial charge in [-0.1, -0.05) is 34.1 Å². The summed E-state index contributed by atoms with van der Waals surface area (Å²) in [5, 5.41) is 3.41. The highest BCUT2D eigenvalue weighted by atomic mass is 14.9. The van der Waals surface area contributed by atoms with Crippen molar-refractivity contribution in [2.75, 3.05) is 6.54 Å². The Morgan fingerprint density at radius 1 is 1.20 bits per heavy atom. The molecule has 62 valence electrons. The summed E-state index contributed by atoms with van der Waals surface area (Å²) in [6.07, 6.45) is 2.62. The Hall–Kier alpha value is -0.0400. The number of hydrogen-bond acceptors (Lipinski definition) is 1. The molecule has 0 aromatic rings. The van der Waals surface area contributed by atoms with Crippen molar-refractivity contribution in [1.82, 2.24) is 5.32 Å². The zero-order valence-corrected chi connectivity index (χ0v) is 7.78. The largest absolute Gasteiger partial charge is 0.315 e. The Kier molecular flexibility index (Phi) is 5.70. The molecule has 1 unspecified atom stereocenters. The van der Waals surface area contributed by atoms with E-state index in [2.05, 4.69) is 33.0 Å². The Bertz CT molecular complexity index is 69.1. The average Bonchev–Trinajstić information content (AvgIpc) is 1.87. The second kappa shape index (κ2) is 5.72. The summed E-state index contributed by atoms with van der Waals surface area (Å²) in [7, 11) is 0. The van der Waals surface area contributed by atoms with E-state index >= 15 is 0 Å². The highest BCUT2D eigenvalue weighted by Crippen LogP contribution is 2.04. The van der Waals surface area contributed by atoms with Crippen LogP contribution in [0.3, 0.4) is 0 Å². The third-order valence-electron chi connectivity index (χ3n) is 1.89. The SMILES string of the molecule is CCC(C)CCNC(C)C. The van der Waals surface area contributed by atoms with E-state index in [4.69, 9.17) is 0 Å². The Labute approximate surface area is 65.2 Å². The van der Waals surface area contributed by atoms with Gasteiger partial charge < -0.3 is 5.32 Å². The zero-order chi connectivity index (χ0) is 7.98. The summed E-state index contributed by atoms with van der Waals surface area (Å²) >= 11 is 0. The lowest BCUT2D eigenvalue weighted by atomic mass is 10.1. The lowest BCUT2D eigenvalue weighted by molar-refractivity contribution is 0.468. The normalized spacial score (nSPS) is 14.1. The maximum atomic E-state index is 3.41. The highest BCUT2D eigenvalue weighted by Gasteiger charge is 1.97. The van der Waals surface area contributed by atoms with Gasteiger partial charge in [-0.25, -0.2) is 0 Å². The molecule has 1 heteroatoms. The fourth-order valence-corrected chi connectivity index (χ4v) is 0.823. The molecule has 1 N–H and O–H groups in total. The van der Waals surface area contributed by atoms with Crippen molar-refractivity contribution in [3.05, 3.63) is 0 Å². The van der Waals surface area contributed by atoms with Crippen molar-refractivity contribution >= 4 is 0 Å². The van der Waals surface area contributed by atoms with Crippen molar-refractivity contribution < 1.29 is 0 Å². The first kappa shape index (κ1) is 9.96. The van der Waals surface area contributed by atoms with Gasteiger partial charge in [0, 0.05) is 6.04 Å². The molecule has 1 nitrogen and oxygen atoms in total. The molecule has 0 aromatic heterocycles. The standard InChI is InChI=1S/C9H21N/c1-5-9(4)6-7-10-8(2)3/h8-10H,5-7H2,1-4H3. The van der Waals surface area contributed by atoms with Gasteiger partial charge in [-0.3, -0.25) is 0 Å². The van der Waals surface area contributed by atoms with Crippen LogP contribution in [0.25, 0.3) is 0 Å². The van der Waals surface area contributed by atoms with E-state index in [0.717, 1.165) is 5.92 Å². The van der Waals surface area contributed by atoms with Crippen LogP contribution in [0.15, 0.2) is 0 Å². The average molecular weight is 143 g/mol. The first-order valence-electron chi connectivity index (χ1n) is 4.40. The number of rotatable bonds is 5. The van der Waals surface area contributed by atoms with E-state index < -0.39 is 0 Å². The maximum absolute atomic E-state index is 3.41. The molecule has 0 fully saturated rings. The third-order valence-corrected chi connectivity index (χ3v) is 1.89. The summed E-state index contributed by atoms with van der Waals surface area (Å²) in [5.41, 5.74) is 0. The molecule has 0 saturated carbocycles. The molecule has 0 aromatic carbocycles. The van der Waals surface area contributed by atoms with Crippen molar-refractivity contribution in [2.24, 2.45) is 5.92 Å². The summed E-state index contributed by atoms with van der Waals surface area (Å²) < 4.78 is 0. The molecule has 0 rings (SSSR count). The van der Waals surface area contributed by atoms with E-state index in [0.29, 0.717) is 6.04 Å². The first-order valence-corrected chi connectivity index (χ1v) is 4.40. The van der Waals surface area contributed by atoms with Crippen LogP contribution in [0.4, 0.5) is 0 Å². The van der Waals surface area contributed by atoms with Crippen LogP contribution < -0.4 is 5.32 Å². The monoisotopic (exact) mass is 143 g/mol. The van der Waals surface area contributed by atoms with Crippen LogP contribution in [0, 0.1) is 5.92 Å².